The maximum atomic E-state index is 13.2. The lowest BCUT2D eigenvalue weighted by Crippen LogP contribution is -2.33. The molecule has 0 aliphatic carbocycles. The number of rotatable bonds is 8. The molecule has 0 radical (unpaired) electrons. The molecule has 31 heavy (non-hydrogen) atoms. The van der Waals surface area contributed by atoms with Crippen molar-refractivity contribution < 1.29 is 22.7 Å². The Bertz CT molecular complexity index is 999. The predicted molar refractivity (Wildman–Crippen MR) is 119 cm³/mol. The van der Waals surface area contributed by atoms with E-state index >= 15 is 0 Å². The predicted octanol–water partition coefficient (Wildman–Crippen LogP) is 3.38. The van der Waals surface area contributed by atoms with Crippen molar-refractivity contribution in [2.24, 2.45) is 0 Å². The number of nitrogens with zero attached hydrogens (tertiary/aromatic N) is 1. The summed E-state index contributed by atoms with van der Waals surface area (Å²) >= 11 is 0. The number of methoxy groups -OCH3 is 1. The minimum atomic E-state index is -3.63. The number of carbonyl (C=O) groups is 1. The Hall–Kier alpha value is -2.58. The Kier molecular flexibility index (Phi) is 7.92. The maximum absolute atomic E-state index is 13.2. The number of ether oxygens (including phenoxy) is 2. The largest absolute Gasteiger partial charge is 0.493 e. The van der Waals surface area contributed by atoms with Gasteiger partial charge in [-0.1, -0.05) is 31.0 Å². The van der Waals surface area contributed by atoms with Crippen LogP contribution in [0.25, 0.3) is 0 Å². The average Bonchev–Trinajstić information content (AvgIpc) is 3.07. The molecule has 0 atom stereocenters. The number of hydrogen-bond acceptors (Lipinski definition) is 5. The lowest BCUT2D eigenvalue weighted by molar-refractivity contribution is 0.0946. The summed E-state index contributed by atoms with van der Waals surface area (Å²) in [6.07, 6.45) is 3.82. The fourth-order valence-corrected chi connectivity index (χ4v) is 5.37. The van der Waals surface area contributed by atoms with Crippen LogP contribution in [0.4, 0.5) is 0 Å². The standard InChI is InChI=1S/C23H30N2O5S/c1-18-11-12-19(17-22(18)31(27,28)25-14-7-3-4-8-15-25)23(26)24-13-16-30-21-10-6-5-9-20(21)29-2/h5-6,9-12,17H,3-4,7-8,13-16H2,1-2H3,(H,24,26). The van der Waals surface area contributed by atoms with Gasteiger partial charge in [0.05, 0.1) is 18.6 Å². The molecule has 1 amide bonds. The molecule has 0 aromatic heterocycles. The fourth-order valence-electron chi connectivity index (χ4n) is 3.61. The van der Waals surface area contributed by atoms with E-state index in [1.165, 1.54) is 6.07 Å². The highest BCUT2D eigenvalue weighted by Crippen LogP contribution is 2.26. The first-order valence-electron chi connectivity index (χ1n) is 10.6. The van der Waals surface area contributed by atoms with Crippen molar-refractivity contribution in [1.82, 2.24) is 9.62 Å². The molecule has 1 fully saturated rings. The van der Waals surface area contributed by atoms with E-state index in [0.29, 0.717) is 35.7 Å². The second kappa shape index (κ2) is 10.6. The van der Waals surface area contributed by atoms with Crippen LogP contribution in [0.2, 0.25) is 0 Å². The summed E-state index contributed by atoms with van der Waals surface area (Å²) in [6, 6.07) is 12.1. The molecule has 0 saturated carbocycles. The number of benzene rings is 2. The highest BCUT2D eigenvalue weighted by atomic mass is 32.2. The van der Waals surface area contributed by atoms with Gasteiger partial charge < -0.3 is 14.8 Å². The lowest BCUT2D eigenvalue weighted by atomic mass is 10.1. The Morgan fingerprint density at radius 2 is 1.71 bits per heavy atom. The molecule has 0 bridgehead atoms. The summed E-state index contributed by atoms with van der Waals surface area (Å²) < 4.78 is 38.8. The second-order valence-electron chi connectivity index (χ2n) is 7.55. The van der Waals surface area contributed by atoms with Gasteiger partial charge in [0, 0.05) is 18.7 Å². The molecule has 2 aromatic carbocycles. The van der Waals surface area contributed by atoms with Gasteiger partial charge in [-0.15, -0.1) is 0 Å². The van der Waals surface area contributed by atoms with E-state index in [9.17, 15) is 13.2 Å². The van der Waals surface area contributed by atoms with Crippen LogP contribution in [0.5, 0.6) is 11.5 Å². The van der Waals surface area contributed by atoms with E-state index in [0.717, 1.165) is 25.7 Å². The Morgan fingerprint density at radius 1 is 1.03 bits per heavy atom. The van der Waals surface area contributed by atoms with Crippen LogP contribution in [0.3, 0.4) is 0 Å². The van der Waals surface area contributed by atoms with Crippen LogP contribution in [0.15, 0.2) is 47.4 Å². The zero-order valence-corrected chi connectivity index (χ0v) is 18.9. The quantitative estimate of drug-likeness (QED) is 0.629. The summed E-state index contributed by atoms with van der Waals surface area (Å²) in [4.78, 5) is 12.8. The number of aryl methyl sites for hydroxylation is 1. The van der Waals surface area contributed by atoms with E-state index in [2.05, 4.69) is 5.32 Å². The van der Waals surface area contributed by atoms with Crippen LogP contribution in [0.1, 0.15) is 41.6 Å². The normalized spacial score (nSPS) is 15.2. The Balaban J connectivity index is 1.64. The smallest absolute Gasteiger partial charge is 0.251 e. The van der Waals surface area contributed by atoms with E-state index in [1.54, 1.807) is 42.6 Å². The molecule has 1 N–H and O–H groups in total. The molecule has 0 unspecified atom stereocenters. The minimum Gasteiger partial charge on any atom is -0.493 e. The molecule has 1 saturated heterocycles. The molecule has 7 nitrogen and oxygen atoms in total. The molecule has 3 rings (SSSR count). The highest BCUT2D eigenvalue weighted by molar-refractivity contribution is 7.89. The van der Waals surface area contributed by atoms with Crippen molar-refractivity contribution in [2.45, 2.75) is 37.5 Å². The van der Waals surface area contributed by atoms with Crippen LogP contribution in [0, 0.1) is 6.92 Å². The third kappa shape index (κ3) is 5.77. The van der Waals surface area contributed by atoms with Crippen LogP contribution < -0.4 is 14.8 Å². The molecular formula is C23H30N2O5S. The van der Waals surface area contributed by atoms with Gasteiger partial charge in [0.25, 0.3) is 5.91 Å². The van der Waals surface area contributed by atoms with Crippen molar-refractivity contribution in [3.8, 4) is 11.5 Å². The first-order chi connectivity index (χ1) is 14.9. The summed E-state index contributed by atoms with van der Waals surface area (Å²) in [5.74, 6) is 0.882. The van der Waals surface area contributed by atoms with E-state index in [1.807, 2.05) is 12.1 Å². The van der Waals surface area contributed by atoms with Crippen molar-refractivity contribution >= 4 is 15.9 Å². The minimum absolute atomic E-state index is 0.201. The zero-order chi connectivity index (χ0) is 22.3. The van der Waals surface area contributed by atoms with Gasteiger partial charge in [-0.25, -0.2) is 8.42 Å². The van der Waals surface area contributed by atoms with Gasteiger partial charge >= 0.3 is 0 Å². The fraction of sp³-hybridized carbons (Fsp3) is 0.435. The summed E-state index contributed by atoms with van der Waals surface area (Å²) in [5, 5.41) is 2.78. The molecule has 8 heteroatoms. The molecule has 1 aliphatic rings. The van der Waals surface area contributed by atoms with Crippen molar-refractivity contribution in [3.63, 3.8) is 0 Å². The van der Waals surface area contributed by atoms with Gasteiger partial charge in [0.2, 0.25) is 10.0 Å². The topological polar surface area (TPSA) is 84.9 Å². The van der Waals surface area contributed by atoms with Gasteiger partial charge in [-0.05, 0) is 49.6 Å². The van der Waals surface area contributed by atoms with Gasteiger partial charge in [0.15, 0.2) is 11.5 Å². The van der Waals surface area contributed by atoms with E-state index in [4.69, 9.17) is 9.47 Å². The third-order valence-corrected chi connectivity index (χ3v) is 7.39. The molecule has 168 valence electrons. The number of amides is 1. The molecule has 1 heterocycles. The van der Waals surface area contributed by atoms with Crippen LogP contribution in [-0.2, 0) is 10.0 Å². The number of sulfonamides is 1. The molecular weight excluding hydrogens is 416 g/mol. The maximum Gasteiger partial charge on any atom is 0.251 e. The first kappa shape index (κ1) is 23.1. The summed E-state index contributed by atoms with van der Waals surface area (Å²) in [7, 11) is -2.06. The van der Waals surface area contributed by atoms with Crippen molar-refractivity contribution in [3.05, 3.63) is 53.6 Å². The molecule has 2 aromatic rings. The highest BCUT2D eigenvalue weighted by Gasteiger charge is 2.27. The summed E-state index contributed by atoms with van der Waals surface area (Å²) in [6.45, 7) is 3.35. The number of carbonyl (C=O) groups excluding carboxylic acids is 1. The zero-order valence-electron chi connectivity index (χ0n) is 18.1. The summed E-state index contributed by atoms with van der Waals surface area (Å²) in [5.41, 5.74) is 0.955. The Morgan fingerprint density at radius 3 is 2.39 bits per heavy atom. The number of para-hydroxylation sites is 2. The average molecular weight is 447 g/mol. The SMILES string of the molecule is COc1ccccc1OCCNC(=O)c1ccc(C)c(S(=O)(=O)N2CCCCCC2)c1. The van der Waals surface area contributed by atoms with Gasteiger partial charge in [0.1, 0.15) is 6.61 Å². The second-order valence-corrected chi connectivity index (χ2v) is 9.46. The molecule has 0 spiro atoms. The van der Waals surface area contributed by atoms with E-state index in [-0.39, 0.29) is 24.0 Å². The number of nitrogens with one attached hydrogen (secondary N) is 1. The van der Waals surface area contributed by atoms with Crippen LogP contribution in [-0.4, -0.2) is 52.0 Å². The monoisotopic (exact) mass is 446 g/mol. The van der Waals surface area contributed by atoms with Crippen molar-refractivity contribution in [1.29, 1.82) is 0 Å². The Labute approximate surface area is 184 Å². The van der Waals surface area contributed by atoms with Crippen LogP contribution >= 0.6 is 0 Å². The third-order valence-electron chi connectivity index (χ3n) is 5.35. The van der Waals surface area contributed by atoms with Gasteiger partial charge in [-0.2, -0.15) is 4.31 Å². The lowest BCUT2D eigenvalue weighted by Gasteiger charge is -2.21. The van der Waals surface area contributed by atoms with Gasteiger partial charge in [-0.3, -0.25) is 4.79 Å². The van der Waals surface area contributed by atoms with E-state index < -0.39 is 10.0 Å². The molecule has 1 aliphatic heterocycles. The first-order valence-corrected chi connectivity index (χ1v) is 12.0. The van der Waals surface area contributed by atoms with Crippen molar-refractivity contribution in [2.75, 3.05) is 33.4 Å². The number of hydrogen-bond donors (Lipinski definition) is 1.